The van der Waals surface area contributed by atoms with Crippen LogP contribution in [0.3, 0.4) is 0 Å². The Bertz CT molecular complexity index is 522. The monoisotopic (exact) mass is 248 g/mol. The van der Waals surface area contributed by atoms with Crippen LogP contribution in [0.4, 0.5) is 0 Å². The smallest absolute Gasteiger partial charge is 0.384 e. The fraction of sp³-hybridized carbons (Fsp3) is 0.231. The molecule has 0 bridgehead atoms. The SMILES string of the molecule is COC(=O)C#Cc1cc(OC)cc(OC)c1C=O. The molecule has 0 unspecified atom stereocenters. The van der Waals surface area contributed by atoms with Crippen molar-refractivity contribution in [1.29, 1.82) is 0 Å². The quantitative estimate of drug-likeness (QED) is 0.454. The molecule has 1 aromatic rings. The summed E-state index contributed by atoms with van der Waals surface area (Å²) in [5.74, 6) is 4.92. The second-order valence-corrected chi connectivity index (χ2v) is 3.15. The molecular weight excluding hydrogens is 236 g/mol. The van der Waals surface area contributed by atoms with E-state index in [0.717, 1.165) is 0 Å². The molecule has 0 aromatic heterocycles. The molecule has 0 spiro atoms. The number of esters is 1. The van der Waals surface area contributed by atoms with Gasteiger partial charge in [-0.3, -0.25) is 4.79 Å². The van der Waals surface area contributed by atoms with Crippen LogP contribution in [0.5, 0.6) is 11.5 Å². The predicted molar refractivity (Wildman–Crippen MR) is 63.8 cm³/mol. The van der Waals surface area contributed by atoms with E-state index in [2.05, 4.69) is 16.6 Å². The summed E-state index contributed by atoms with van der Waals surface area (Å²) in [6, 6.07) is 3.11. The van der Waals surface area contributed by atoms with E-state index < -0.39 is 5.97 Å². The van der Waals surface area contributed by atoms with Crippen LogP contribution < -0.4 is 9.47 Å². The van der Waals surface area contributed by atoms with Crippen molar-refractivity contribution < 1.29 is 23.8 Å². The van der Waals surface area contributed by atoms with Crippen LogP contribution >= 0.6 is 0 Å². The molecule has 0 radical (unpaired) electrons. The lowest BCUT2D eigenvalue weighted by Gasteiger charge is -2.08. The van der Waals surface area contributed by atoms with Crippen LogP contribution in [-0.4, -0.2) is 33.6 Å². The van der Waals surface area contributed by atoms with E-state index >= 15 is 0 Å². The van der Waals surface area contributed by atoms with E-state index in [1.807, 2.05) is 0 Å². The third-order valence-corrected chi connectivity index (χ3v) is 2.17. The highest BCUT2D eigenvalue weighted by atomic mass is 16.5. The van der Waals surface area contributed by atoms with Crippen molar-refractivity contribution in [2.45, 2.75) is 0 Å². The molecule has 0 aliphatic carbocycles. The van der Waals surface area contributed by atoms with Crippen LogP contribution in [0, 0.1) is 11.8 Å². The van der Waals surface area contributed by atoms with Crippen molar-refractivity contribution in [3.05, 3.63) is 23.3 Å². The summed E-state index contributed by atoms with van der Waals surface area (Å²) in [7, 11) is 4.13. The van der Waals surface area contributed by atoms with E-state index in [1.165, 1.54) is 21.3 Å². The largest absolute Gasteiger partial charge is 0.497 e. The van der Waals surface area contributed by atoms with Crippen LogP contribution in [0.25, 0.3) is 0 Å². The number of hydrogen-bond acceptors (Lipinski definition) is 5. The minimum Gasteiger partial charge on any atom is -0.497 e. The third kappa shape index (κ3) is 3.01. The molecule has 94 valence electrons. The van der Waals surface area contributed by atoms with Gasteiger partial charge >= 0.3 is 5.97 Å². The van der Waals surface area contributed by atoms with Crippen molar-refractivity contribution in [2.75, 3.05) is 21.3 Å². The second kappa shape index (κ2) is 6.30. The Hall–Kier alpha value is -2.48. The van der Waals surface area contributed by atoms with Gasteiger partial charge in [0.15, 0.2) is 6.29 Å². The Balaban J connectivity index is 3.34. The standard InChI is InChI=1S/C13H12O5/c1-16-10-6-9(4-5-13(15)18-3)11(8-14)12(7-10)17-2/h6-8H,1-3H3. The minimum atomic E-state index is -0.686. The Morgan fingerprint density at radius 1 is 1.22 bits per heavy atom. The topological polar surface area (TPSA) is 61.8 Å². The molecular formula is C13H12O5. The summed E-state index contributed by atoms with van der Waals surface area (Å²) in [6.45, 7) is 0. The molecule has 0 aliphatic heterocycles. The Kier molecular flexibility index (Phi) is 4.76. The van der Waals surface area contributed by atoms with Crippen LogP contribution in [0.2, 0.25) is 0 Å². The Morgan fingerprint density at radius 2 is 1.94 bits per heavy atom. The fourth-order valence-electron chi connectivity index (χ4n) is 1.28. The molecule has 0 aliphatic rings. The number of benzene rings is 1. The van der Waals surface area contributed by atoms with Crippen LogP contribution in [-0.2, 0) is 9.53 Å². The van der Waals surface area contributed by atoms with E-state index in [1.54, 1.807) is 12.1 Å². The second-order valence-electron chi connectivity index (χ2n) is 3.15. The van der Waals surface area contributed by atoms with Crippen molar-refractivity contribution in [3.63, 3.8) is 0 Å². The fourth-order valence-corrected chi connectivity index (χ4v) is 1.28. The molecule has 18 heavy (non-hydrogen) atoms. The molecule has 0 fully saturated rings. The molecule has 5 heteroatoms. The summed E-state index contributed by atoms with van der Waals surface area (Å²) in [4.78, 5) is 22.0. The molecule has 0 saturated carbocycles. The maximum Gasteiger partial charge on any atom is 0.384 e. The van der Waals surface area contributed by atoms with Gasteiger partial charge in [-0.25, -0.2) is 4.79 Å². The Labute approximate surface area is 105 Å². The first kappa shape index (κ1) is 13.6. The first-order valence-corrected chi connectivity index (χ1v) is 4.97. The van der Waals surface area contributed by atoms with Crippen LogP contribution in [0.15, 0.2) is 12.1 Å². The summed E-state index contributed by atoms with van der Waals surface area (Å²) in [5, 5.41) is 0. The molecule has 1 rings (SSSR count). The number of hydrogen-bond donors (Lipinski definition) is 0. The lowest BCUT2D eigenvalue weighted by Crippen LogP contribution is -1.98. The van der Waals surface area contributed by atoms with Crippen molar-refractivity contribution in [3.8, 4) is 23.3 Å². The highest BCUT2D eigenvalue weighted by molar-refractivity contribution is 5.91. The lowest BCUT2D eigenvalue weighted by molar-refractivity contribution is -0.133. The van der Waals surface area contributed by atoms with Gasteiger partial charge in [-0.1, -0.05) is 5.92 Å². The number of carbonyl (C=O) groups excluding carboxylic acids is 2. The molecule has 1 aromatic carbocycles. The lowest BCUT2D eigenvalue weighted by atomic mass is 10.1. The van der Waals surface area contributed by atoms with Gasteiger partial charge in [0, 0.05) is 17.6 Å². The molecule has 0 atom stereocenters. The van der Waals surface area contributed by atoms with E-state index in [0.29, 0.717) is 23.3 Å². The summed E-state index contributed by atoms with van der Waals surface area (Å²) in [6.07, 6.45) is 0.611. The third-order valence-electron chi connectivity index (χ3n) is 2.17. The van der Waals surface area contributed by atoms with Gasteiger partial charge in [0.2, 0.25) is 0 Å². The van der Waals surface area contributed by atoms with E-state index in [4.69, 9.17) is 9.47 Å². The molecule has 5 nitrogen and oxygen atoms in total. The molecule has 0 N–H and O–H groups in total. The zero-order valence-electron chi connectivity index (χ0n) is 10.3. The van der Waals surface area contributed by atoms with Crippen molar-refractivity contribution in [1.82, 2.24) is 0 Å². The summed E-state index contributed by atoms with van der Waals surface area (Å²) in [5.41, 5.74) is 0.598. The minimum absolute atomic E-state index is 0.259. The van der Waals surface area contributed by atoms with Crippen molar-refractivity contribution in [2.24, 2.45) is 0 Å². The van der Waals surface area contributed by atoms with Gasteiger partial charge in [0.05, 0.1) is 26.9 Å². The number of ether oxygens (including phenoxy) is 3. The highest BCUT2D eigenvalue weighted by Crippen LogP contribution is 2.26. The zero-order valence-corrected chi connectivity index (χ0v) is 10.3. The van der Waals surface area contributed by atoms with Gasteiger partial charge in [-0.2, -0.15) is 0 Å². The number of rotatable bonds is 3. The van der Waals surface area contributed by atoms with Gasteiger partial charge < -0.3 is 14.2 Å². The van der Waals surface area contributed by atoms with E-state index in [9.17, 15) is 9.59 Å². The van der Waals surface area contributed by atoms with E-state index in [-0.39, 0.29) is 5.56 Å². The molecule has 0 heterocycles. The highest BCUT2D eigenvalue weighted by Gasteiger charge is 2.10. The van der Waals surface area contributed by atoms with Crippen molar-refractivity contribution >= 4 is 12.3 Å². The maximum atomic E-state index is 11.0. The number of carbonyl (C=O) groups is 2. The summed E-state index contributed by atoms with van der Waals surface area (Å²) >= 11 is 0. The van der Waals surface area contributed by atoms with Gasteiger partial charge in [0.1, 0.15) is 11.5 Å². The number of methoxy groups -OCH3 is 3. The predicted octanol–water partition coefficient (Wildman–Crippen LogP) is 1.04. The molecule has 0 saturated heterocycles. The van der Waals surface area contributed by atoms with Gasteiger partial charge in [0.25, 0.3) is 0 Å². The van der Waals surface area contributed by atoms with Gasteiger partial charge in [-0.05, 0) is 6.07 Å². The maximum absolute atomic E-state index is 11.0. The normalized spacial score (nSPS) is 8.83. The zero-order chi connectivity index (χ0) is 13.5. The Morgan fingerprint density at radius 3 is 2.44 bits per heavy atom. The summed E-state index contributed by atoms with van der Waals surface area (Å²) < 4.78 is 14.5. The first-order chi connectivity index (χ1) is 8.65. The van der Waals surface area contributed by atoms with Crippen LogP contribution in [0.1, 0.15) is 15.9 Å². The van der Waals surface area contributed by atoms with Gasteiger partial charge in [-0.15, -0.1) is 0 Å². The average molecular weight is 248 g/mol. The molecule has 0 amide bonds. The first-order valence-electron chi connectivity index (χ1n) is 4.97. The number of aldehydes is 1. The average Bonchev–Trinajstić information content (AvgIpc) is 2.43.